The summed E-state index contributed by atoms with van der Waals surface area (Å²) in [5.41, 5.74) is 6.80. The van der Waals surface area contributed by atoms with Gasteiger partial charge in [-0.2, -0.15) is 0 Å². The Morgan fingerprint density at radius 1 is 1.22 bits per heavy atom. The van der Waals surface area contributed by atoms with Gasteiger partial charge in [-0.1, -0.05) is 11.8 Å². The molecule has 0 radical (unpaired) electrons. The number of nitrogen functional groups attached to an aromatic ring is 1. The number of imidazole rings is 1. The fourth-order valence-corrected chi connectivity index (χ4v) is 3.16. The highest BCUT2D eigenvalue weighted by molar-refractivity contribution is 7.99. The SMILES string of the molecule is CCOc1ccc(OCCn2c(SCC(=O)[O-])nc3c(N)ncnc32)cc1. The lowest BCUT2D eigenvalue weighted by molar-refractivity contribution is -0.301. The van der Waals surface area contributed by atoms with E-state index in [2.05, 4.69) is 15.0 Å². The van der Waals surface area contributed by atoms with Gasteiger partial charge in [0.1, 0.15) is 24.4 Å². The molecule has 3 rings (SSSR count). The lowest BCUT2D eigenvalue weighted by Gasteiger charge is -2.11. The molecule has 0 atom stereocenters. The number of nitrogens with zero attached hydrogens (tertiary/aromatic N) is 4. The van der Waals surface area contributed by atoms with Gasteiger partial charge in [-0.3, -0.25) is 0 Å². The molecular formula is C17H18N5O4S-. The Morgan fingerprint density at radius 3 is 2.59 bits per heavy atom. The van der Waals surface area contributed by atoms with Crippen LogP contribution in [0.15, 0.2) is 35.7 Å². The molecule has 2 aromatic heterocycles. The van der Waals surface area contributed by atoms with Crippen LogP contribution in [0, 0.1) is 0 Å². The van der Waals surface area contributed by atoms with E-state index in [4.69, 9.17) is 15.2 Å². The summed E-state index contributed by atoms with van der Waals surface area (Å²) in [4.78, 5) is 23.3. The van der Waals surface area contributed by atoms with Gasteiger partial charge in [-0.05, 0) is 31.2 Å². The van der Waals surface area contributed by atoms with Crippen molar-refractivity contribution in [2.75, 3.05) is 24.7 Å². The fraction of sp³-hybridized carbons (Fsp3) is 0.294. The van der Waals surface area contributed by atoms with E-state index >= 15 is 0 Å². The zero-order chi connectivity index (χ0) is 19.2. The zero-order valence-corrected chi connectivity index (χ0v) is 15.4. The number of carbonyl (C=O) groups excluding carboxylic acids is 1. The number of hydrogen-bond acceptors (Lipinski definition) is 9. The number of aromatic nitrogens is 4. The van der Waals surface area contributed by atoms with E-state index < -0.39 is 5.97 Å². The number of carbonyl (C=O) groups is 1. The summed E-state index contributed by atoms with van der Waals surface area (Å²) in [5, 5.41) is 11.3. The Morgan fingerprint density at radius 2 is 1.93 bits per heavy atom. The van der Waals surface area contributed by atoms with Crippen LogP contribution in [0.5, 0.6) is 11.5 Å². The highest BCUT2D eigenvalue weighted by atomic mass is 32.2. The van der Waals surface area contributed by atoms with Gasteiger partial charge >= 0.3 is 0 Å². The predicted octanol–water partition coefficient (Wildman–Crippen LogP) is 0.728. The van der Waals surface area contributed by atoms with Crippen molar-refractivity contribution in [2.45, 2.75) is 18.6 Å². The van der Waals surface area contributed by atoms with Crippen molar-refractivity contribution in [2.24, 2.45) is 0 Å². The number of fused-ring (bicyclic) bond motifs is 1. The van der Waals surface area contributed by atoms with Crippen molar-refractivity contribution in [1.82, 2.24) is 19.5 Å². The third kappa shape index (κ3) is 4.59. The first kappa shape index (κ1) is 18.8. The summed E-state index contributed by atoms with van der Waals surface area (Å²) < 4.78 is 12.9. The second-order valence-electron chi connectivity index (χ2n) is 5.39. The molecule has 1 aromatic carbocycles. The third-order valence-electron chi connectivity index (χ3n) is 3.56. The topological polar surface area (TPSA) is 128 Å². The molecule has 0 saturated heterocycles. The lowest BCUT2D eigenvalue weighted by atomic mass is 10.3. The van der Waals surface area contributed by atoms with Crippen LogP contribution >= 0.6 is 11.8 Å². The predicted molar refractivity (Wildman–Crippen MR) is 98.6 cm³/mol. The molecule has 0 spiro atoms. The molecule has 142 valence electrons. The van der Waals surface area contributed by atoms with Gasteiger partial charge in [0.05, 0.1) is 19.1 Å². The average molecular weight is 388 g/mol. The van der Waals surface area contributed by atoms with Gasteiger partial charge in [0.15, 0.2) is 22.1 Å². The van der Waals surface area contributed by atoms with Crippen LogP contribution in [0.1, 0.15) is 6.92 Å². The molecule has 10 heteroatoms. The van der Waals surface area contributed by atoms with Gasteiger partial charge in [0, 0.05) is 5.75 Å². The number of carboxylic acid groups (broad SMARTS) is 1. The van der Waals surface area contributed by atoms with Gasteiger partial charge in [-0.15, -0.1) is 0 Å². The minimum absolute atomic E-state index is 0.226. The van der Waals surface area contributed by atoms with Gasteiger partial charge < -0.3 is 29.7 Å². The Balaban J connectivity index is 1.73. The maximum Gasteiger partial charge on any atom is 0.170 e. The molecular weight excluding hydrogens is 370 g/mol. The van der Waals surface area contributed by atoms with Crippen LogP contribution < -0.4 is 20.3 Å². The molecule has 0 aliphatic carbocycles. The smallest absolute Gasteiger partial charge is 0.170 e. The second-order valence-corrected chi connectivity index (χ2v) is 6.33. The normalized spacial score (nSPS) is 10.9. The number of hydrogen-bond donors (Lipinski definition) is 1. The molecule has 2 N–H and O–H groups in total. The van der Waals surface area contributed by atoms with E-state index in [1.54, 1.807) is 4.57 Å². The highest BCUT2D eigenvalue weighted by Crippen LogP contribution is 2.25. The first-order chi connectivity index (χ1) is 13.1. The minimum atomic E-state index is -1.18. The monoisotopic (exact) mass is 388 g/mol. The summed E-state index contributed by atoms with van der Waals surface area (Å²) >= 11 is 1.04. The van der Waals surface area contributed by atoms with E-state index in [9.17, 15) is 9.90 Å². The molecule has 2 heterocycles. The number of anilines is 1. The van der Waals surface area contributed by atoms with Crippen LogP contribution in [-0.2, 0) is 11.3 Å². The molecule has 3 aromatic rings. The quantitative estimate of drug-likeness (QED) is 0.527. The van der Waals surface area contributed by atoms with Crippen LogP contribution in [0.3, 0.4) is 0 Å². The molecule has 0 aliphatic rings. The van der Waals surface area contributed by atoms with Crippen molar-refractivity contribution in [3.63, 3.8) is 0 Å². The first-order valence-corrected chi connectivity index (χ1v) is 9.22. The Kier molecular flexibility index (Phi) is 5.97. The van der Waals surface area contributed by atoms with E-state index in [1.165, 1.54) is 6.33 Å². The Bertz CT molecular complexity index is 929. The van der Waals surface area contributed by atoms with Crippen LogP contribution in [0.4, 0.5) is 5.82 Å². The number of nitrogens with two attached hydrogens (primary N) is 1. The molecule has 0 bridgehead atoms. The lowest BCUT2D eigenvalue weighted by Crippen LogP contribution is -2.24. The average Bonchev–Trinajstić information content (AvgIpc) is 3.01. The van der Waals surface area contributed by atoms with Gasteiger partial charge in [0.25, 0.3) is 0 Å². The van der Waals surface area contributed by atoms with E-state index in [-0.39, 0.29) is 11.6 Å². The van der Waals surface area contributed by atoms with Crippen molar-refractivity contribution in [1.29, 1.82) is 0 Å². The third-order valence-corrected chi connectivity index (χ3v) is 4.51. The van der Waals surface area contributed by atoms with Crippen molar-refractivity contribution >= 4 is 34.7 Å². The van der Waals surface area contributed by atoms with E-state index in [0.717, 1.165) is 17.5 Å². The molecule has 27 heavy (non-hydrogen) atoms. The van der Waals surface area contributed by atoms with E-state index in [1.807, 2.05) is 31.2 Å². The molecule has 9 nitrogen and oxygen atoms in total. The highest BCUT2D eigenvalue weighted by Gasteiger charge is 2.15. The Labute approximate surface area is 159 Å². The summed E-state index contributed by atoms with van der Waals surface area (Å²) in [6.07, 6.45) is 1.34. The molecule has 0 fully saturated rings. The van der Waals surface area contributed by atoms with Gasteiger partial charge in [0.2, 0.25) is 0 Å². The first-order valence-electron chi connectivity index (χ1n) is 8.23. The number of ether oxygens (including phenoxy) is 2. The summed E-state index contributed by atoms with van der Waals surface area (Å²) in [5.74, 6) is 0.306. The standard InChI is InChI=1S/C17H19N5O4S/c1-2-25-11-3-5-12(6-4-11)26-8-7-22-16-14(15(18)19-10-20-16)21-17(22)27-9-13(23)24/h3-6,10H,2,7-9H2,1H3,(H,23,24)(H2,18,19,20)/p-1. The molecule has 0 unspecified atom stereocenters. The number of thioether (sulfide) groups is 1. The molecule has 0 amide bonds. The van der Waals surface area contributed by atoms with Gasteiger partial charge in [-0.25, -0.2) is 15.0 Å². The fourth-order valence-electron chi connectivity index (χ4n) is 2.42. The van der Waals surface area contributed by atoms with E-state index in [0.29, 0.717) is 41.8 Å². The number of carboxylic acids is 1. The van der Waals surface area contributed by atoms with Crippen molar-refractivity contribution in [3.05, 3.63) is 30.6 Å². The van der Waals surface area contributed by atoms with Crippen LogP contribution in [-0.4, -0.2) is 44.5 Å². The minimum Gasteiger partial charge on any atom is -0.549 e. The molecule has 0 saturated carbocycles. The summed E-state index contributed by atoms with van der Waals surface area (Å²) in [7, 11) is 0. The number of rotatable bonds is 9. The molecule has 0 aliphatic heterocycles. The largest absolute Gasteiger partial charge is 0.549 e. The van der Waals surface area contributed by atoms with Crippen LogP contribution in [0.25, 0.3) is 11.2 Å². The Hall–Kier alpha value is -3.01. The maximum absolute atomic E-state index is 10.8. The van der Waals surface area contributed by atoms with Crippen molar-refractivity contribution in [3.8, 4) is 11.5 Å². The summed E-state index contributed by atoms with van der Waals surface area (Å²) in [6.45, 7) is 3.27. The second kappa shape index (κ2) is 8.58. The van der Waals surface area contributed by atoms with Crippen LogP contribution in [0.2, 0.25) is 0 Å². The number of benzene rings is 1. The van der Waals surface area contributed by atoms with Crippen molar-refractivity contribution < 1.29 is 19.4 Å². The zero-order valence-electron chi connectivity index (χ0n) is 14.6. The summed E-state index contributed by atoms with van der Waals surface area (Å²) in [6, 6.07) is 7.31. The number of aliphatic carboxylic acids is 1. The maximum atomic E-state index is 10.8.